The van der Waals surface area contributed by atoms with Gasteiger partial charge in [-0.3, -0.25) is 4.68 Å². The molecule has 1 unspecified atom stereocenters. The van der Waals surface area contributed by atoms with Crippen molar-refractivity contribution in [1.29, 1.82) is 0 Å². The molecule has 3 N–H and O–H groups in total. The number of rotatable bonds is 6. The number of nitrogens with one attached hydrogen (secondary N) is 1. The van der Waals surface area contributed by atoms with Crippen LogP contribution in [0.15, 0.2) is 12.4 Å². The topological polar surface area (TPSA) is 100 Å². The molecular weight excluding hydrogens is 260 g/mol. The Morgan fingerprint density at radius 3 is 2.90 bits per heavy atom. The first-order chi connectivity index (χ1) is 9.54. The van der Waals surface area contributed by atoms with Crippen LogP contribution in [0.25, 0.3) is 11.0 Å². The van der Waals surface area contributed by atoms with Crippen molar-refractivity contribution in [1.82, 2.24) is 14.8 Å². The summed E-state index contributed by atoms with van der Waals surface area (Å²) in [6.07, 6.45) is 3.76. The van der Waals surface area contributed by atoms with E-state index >= 15 is 0 Å². The third-order valence-electron chi connectivity index (χ3n) is 3.24. The second kappa shape index (κ2) is 5.87. The molecule has 0 aliphatic carbocycles. The monoisotopic (exact) mass is 278 g/mol. The van der Waals surface area contributed by atoms with Crippen LogP contribution in [0.1, 0.15) is 30.1 Å². The quantitative estimate of drug-likeness (QED) is 0.735. The normalized spacial score (nSPS) is 12.6. The van der Waals surface area contributed by atoms with Crippen molar-refractivity contribution in [3.63, 3.8) is 0 Å². The molecular formula is C13H18N4O3. The van der Waals surface area contributed by atoms with E-state index in [0.717, 1.165) is 0 Å². The number of carboxylic acids is 1. The number of pyridine rings is 1. The van der Waals surface area contributed by atoms with Crippen molar-refractivity contribution < 1.29 is 15.0 Å². The fraction of sp³-hybridized carbons (Fsp3) is 0.462. The predicted octanol–water partition coefficient (Wildman–Crippen LogP) is 1.24. The van der Waals surface area contributed by atoms with Gasteiger partial charge in [0.25, 0.3) is 0 Å². The molecule has 2 aromatic rings. The van der Waals surface area contributed by atoms with Crippen LogP contribution in [0, 0.1) is 0 Å². The SMILES string of the molecule is CCC(O)CCNc1c(C(=O)O)cnc2c1cnn2C. The summed E-state index contributed by atoms with van der Waals surface area (Å²) in [5, 5.41) is 26.6. The van der Waals surface area contributed by atoms with Crippen molar-refractivity contribution >= 4 is 22.7 Å². The number of hydrogen-bond donors (Lipinski definition) is 3. The van der Waals surface area contributed by atoms with E-state index in [0.29, 0.717) is 36.1 Å². The number of aromatic carboxylic acids is 1. The molecule has 108 valence electrons. The van der Waals surface area contributed by atoms with E-state index in [1.807, 2.05) is 6.92 Å². The molecule has 0 aliphatic heterocycles. The number of aryl methyl sites for hydroxylation is 1. The van der Waals surface area contributed by atoms with Gasteiger partial charge in [-0.05, 0) is 12.8 Å². The molecule has 0 saturated carbocycles. The number of anilines is 1. The lowest BCUT2D eigenvalue weighted by Crippen LogP contribution is -2.14. The van der Waals surface area contributed by atoms with E-state index in [2.05, 4.69) is 15.4 Å². The largest absolute Gasteiger partial charge is 0.478 e. The molecule has 0 aliphatic rings. The van der Waals surface area contributed by atoms with Gasteiger partial charge >= 0.3 is 5.97 Å². The first-order valence-corrected chi connectivity index (χ1v) is 6.50. The van der Waals surface area contributed by atoms with Crippen molar-refractivity contribution in [2.24, 2.45) is 7.05 Å². The molecule has 0 saturated heterocycles. The summed E-state index contributed by atoms with van der Waals surface area (Å²) in [4.78, 5) is 15.4. The highest BCUT2D eigenvalue weighted by Gasteiger charge is 2.16. The molecule has 2 aromatic heterocycles. The van der Waals surface area contributed by atoms with Gasteiger partial charge in [-0.25, -0.2) is 9.78 Å². The Labute approximate surface area is 116 Å². The Balaban J connectivity index is 2.32. The molecule has 2 heterocycles. The second-order valence-electron chi connectivity index (χ2n) is 4.64. The number of aliphatic hydroxyl groups is 1. The van der Waals surface area contributed by atoms with Crippen LogP contribution in [-0.4, -0.2) is 43.6 Å². The third-order valence-corrected chi connectivity index (χ3v) is 3.24. The van der Waals surface area contributed by atoms with Crippen LogP contribution in [-0.2, 0) is 7.05 Å². The molecule has 0 amide bonds. The molecule has 7 heteroatoms. The van der Waals surface area contributed by atoms with Gasteiger partial charge in [0.2, 0.25) is 0 Å². The van der Waals surface area contributed by atoms with Gasteiger partial charge in [-0.2, -0.15) is 5.10 Å². The zero-order chi connectivity index (χ0) is 14.7. The maximum Gasteiger partial charge on any atom is 0.339 e. The minimum Gasteiger partial charge on any atom is -0.478 e. The number of carboxylic acid groups (broad SMARTS) is 1. The number of carbonyl (C=O) groups is 1. The summed E-state index contributed by atoms with van der Waals surface area (Å²) < 4.78 is 1.59. The maximum atomic E-state index is 11.3. The fourth-order valence-corrected chi connectivity index (χ4v) is 2.02. The first-order valence-electron chi connectivity index (χ1n) is 6.50. The number of fused-ring (bicyclic) bond motifs is 1. The van der Waals surface area contributed by atoms with Crippen molar-refractivity contribution in [3.05, 3.63) is 18.0 Å². The Kier molecular flexibility index (Phi) is 4.19. The molecule has 0 radical (unpaired) electrons. The van der Waals surface area contributed by atoms with E-state index in [1.54, 1.807) is 17.9 Å². The van der Waals surface area contributed by atoms with Crippen molar-refractivity contribution in [3.8, 4) is 0 Å². The molecule has 0 spiro atoms. The number of aliphatic hydroxyl groups excluding tert-OH is 1. The Hall–Kier alpha value is -2.15. The zero-order valence-electron chi connectivity index (χ0n) is 11.5. The van der Waals surface area contributed by atoms with E-state index in [4.69, 9.17) is 0 Å². The highest BCUT2D eigenvalue weighted by Crippen LogP contribution is 2.25. The molecule has 0 bridgehead atoms. The maximum absolute atomic E-state index is 11.3. The lowest BCUT2D eigenvalue weighted by atomic mass is 10.1. The van der Waals surface area contributed by atoms with Crippen LogP contribution in [0.5, 0.6) is 0 Å². The Morgan fingerprint density at radius 2 is 2.25 bits per heavy atom. The zero-order valence-corrected chi connectivity index (χ0v) is 11.5. The van der Waals surface area contributed by atoms with Gasteiger partial charge in [0.1, 0.15) is 5.56 Å². The second-order valence-corrected chi connectivity index (χ2v) is 4.64. The van der Waals surface area contributed by atoms with Crippen LogP contribution >= 0.6 is 0 Å². The van der Waals surface area contributed by atoms with Crippen molar-refractivity contribution in [2.75, 3.05) is 11.9 Å². The standard InChI is InChI=1S/C13H18N4O3/c1-3-8(18)4-5-14-11-9-7-16-17(2)12(9)15-6-10(11)13(19)20/h6-8,18H,3-5H2,1-2H3,(H,14,15)(H,19,20). The van der Waals surface area contributed by atoms with Crippen LogP contribution in [0.3, 0.4) is 0 Å². The minimum atomic E-state index is -1.04. The van der Waals surface area contributed by atoms with Gasteiger partial charge in [0, 0.05) is 19.8 Å². The van der Waals surface area contributed by atoms with Gasteiger partial charge < -0.3 is 15.5 Å². The van der Waals surface area contributed by atoms with Gasteiger partial charge in [-0.15, -0.1) is 0 Å². The van der Waals surface area contributed by atoms with E-state index in [9.17, 15) is 15.0 Å². The average Bonchev–Trinajstić information content (AvgIpc) is 2.80. The van der Waals surface area contributed by atoms with Gasteiger partial charge in [0.15, 0.2) is 5.65 Å². The molecule has 2 rings (SSSR count). The molecule has 1 atom stereocenters. The summed E-state index contributed by atoms with van der Waals surface area (Å²) in [6.45, 7) is 2.39. The number of hydrogen-bond acceptors (Lipinski definition) is 5. The van der Waals surface area contributed by atoms with Gasteiger partial charge in [0.05, 0.1) is 23.4 Å². The van der Waals surface area contributed by atoms with Crippen LogP contribution in [0.4, 0.5) is 5.69 Å². The van der Waals surface area contributed by atoms with Crippen LogP contribution < -0.4 is 5.32 Å². The minimum absolute atomic E-state index is 0.108. The highest BCUT2D eigenvalue weighted by atomic mass is 16.4. The van der Waals surface area contributed by atoms with Gasteiger partial charge in [-0.1, -0.05) is 6.92 Å². The lowest BCUT2D eigenvalue weighted by molar-refractivity contribution is 0.0697. The third kappa shape index (κ3) is 2.72. The fourth-order valence-electron chi connectivity index (χ4n) is 2.02. The molecule has 7 nitrogen and oxygen atoms in total. The molecule has 0 fully saturated rings. The van der Waals surface area contributed by atoms with Crippen LogP contribution in [0.2, 0.25) is 0 Å². The smallest absolute Gasteiger partial charge is 0.339 e. The Morgan fingerprint density at radius 1 is 1.50 bits per heavy atom. The first kappa shape index (κ1) is 14.3. The lowest BCUT2D eigenvalue weighted by Gasteiger charge is -2.12. The van der Waals surface area contributed by atoms with Crippen molar-refractivity contribution in [2.45, 2.75) is 25.9 Å². The highest BCUT2D eigenvalue weighted by molar-refractivity contribution is 6.03. The van der Waals surface area contributed by atoms with E-state index < -0.39 is 5.97 Å². The predicted molar refractivity (Wildman–Crippen MR) is 74.9 cm³/mol. The average molecular weight is 278 g/mol. The summed E-state index contributed by atoms with van der Waals surface area (Å²) in [7, 11) is 1.75. The molecule has 0 aromatic carbocycles. The number of aromatic nitrogens is 3. The summed E-state index contributed by atoms with van der Waals surface area (Å²) in [5.41, 5.74) is 1.23. The van der Waals surface area contributed by atoms with E-state index in [1.165, 1.54) is 6.20 Å². The van der Waals surface area contributed by atoms with E-state index in [-0.39, 0.29) is 11.7 Å². The summed E-state index contributed by atoms with van der Waals surface area (Å²) in [5.74, 6) is -1.04. The summed E-state index contributed by atoms with van der Waals surface area (Å²) in [6, 6.07) is 0. The summed E-state index contributed by atoms with van der Waals surface area (Å²) >= 11 is 0. The molecule has 20 heavy (non-hydrogen) atoms. The Bertz CT molecular complexity index is 623. The number of nitrogens with zero attached hydrogens (tertiary/aromatic N) is 3.